The Morgan fingerprint density at radius 3 is 2.85 bits per heavy atom. The maximum Gasteiger partial charge on any atom is 0.122 e. The zero-order valence-electron chi connectivity index (χ0n) is 12.5. The number of ether oxygens (including phenoxy) is 2. The highest BCUT2D eigenvalue weighted by Gasteiger charge is 2.34. The fourth-order valence-electron chi connectivity index (χ4n) is 3.61. The zero-order valence-corrected chi connectivity index (χ0v) is 12.5. The molecule has 0 aromatic heterocycles. The molecular formula is C17H25NO2. The van der Waals surface area contributed by atoms with Crippen LogP contribution in [0.2, 0.25) is 0 Å². The van der Waals surface area contributed by atoms with Crippen LogP contribution in [0.4, 0.5) is 0 Å². The van der Waals surface area contributed by atoms with E-state index < -0.39 is 0 Å². The molecule has 2 heterocycles. The van der Waals surface area contributed by atoms with Gasteiger partial charge in [-0.3, -0.25) is 0 Å². The van der Waals surface area contributed by atoms with E-state index in [4.69, 9.17) is 9.47 Å². The van der Waals surface area contributed by atoms with Crippen LogP contribution in [0.25, 0.3) is 0 Å². The number of fused-ring (bicyclic) bond motifs is 1. The quantitative estimate of drug-likeness (QED) is 0.916. The summed E-state index contributed by atoms with van der Waals surface area (Å²) in [5.41, 5.74) is 1.37. The number of nitrogens with one attached hydrogen (secondary N) is 1. The molecule has 20 heavy (non-hydrogen) atoms. The van der Waals surface area contributed by atoms with Crippen molar-refractivity contribution in [1.29, 1.82) is 0 Å². The van der Waals surface area contributed by atoms with Crippen molar-refractivity contribution in [3.63, 3.8) is 0 Å². The minimum Gasteiger partial charge on any atom is -0.493 e. The second-order valence-corrected chi connectivity index (χ2v) is 6.10. The van der Waals surface area contributed by atoms with Crippen LogP contribution >= 0.6 is 0 Å². The summed E-state index contributed by atoms with van der Waals surface area (Å²) in [4.78, 5) is 0. The first-order valence-electron chi connectivity index (χ1n) is 7.80. The SMILES string of the molecule is CNC(CC1CCOc2ccccc21)C1OCCC1C. The number of hydrogen-bond acceptors (Lipinski definition) is 3. The minimum atomic E-state index is 0.356. The van der Waals surface area contributed by atoms with Crippen LogP contribution < -0.4 is 10.1 Å². The third-order valence-electron chi connectivity index (χ3n) is 4.83. The Kier molecular flexibility index (Phi) is 4.27. The van der Waals surface area contributed by atoms with E-state index in [9.17, 15) is 0 Å². The van der Waals surface area contributed by atoms with Crippen LogP contribution in [-0.4, -0.2) is 32.4 Å². The van der Waals surface area contributed by atoms with Gasteiger partial charge in [-0.25, -0.2) is 0 Å². The van der Waals surface area contributed by atoms with E-state index in [1.54, 1.807) is 0 Å². The Bertz CT molecular complexity index is 448. The number of benzene rings is 1. The molecule has 0 bridgehead atoms. The molecule has 1 saturated heterocycles. The van der Waals surface area contributed by atoms with Crippen molar-refractivity contribution < 1.29 is 9.47 Å². The maximum absolute atomic E-state index is 5.95. The predicted octanol–water partition coefficient (Wildman–Crippen LogP) is 2.96. The fraction of sp³-hybridized carbons (Fsp3) is 0.647. The van der Waals surface area contributed by atoms with Gasteiger partial charge in [-0.2, -0.15) is 0 Å². The maximum atomic E-state index is 5.95. The van der Waals surface area contributed by atoms with Gasteiger partial charge in [0.2, 0.25) is 0 Å². The zero-order chi connectivity index (χ0) is 13.9. The Hall–Kier alpha value is -1.06. The molecule has 1 aromatic rings. The van der Waals surface area contributed by atoms with Crippen LogP contribution in [0.15, 0.2) is 24.3 Å². The summed E-state index contributed by atoms with van der Waals surface area (Å²) in [6, 6.07) is 8.90. The average Bonchev–Trinajstić information content (AvgIpc) is 2.91. The molecule has 1 aromatic carbocycles. The van der Waals surface area contributed by atoms with Crippen molar-refractivity contribution in [3.05, 3.63) is 29.8 Å². The first-order valence-corrected chi connectivity index (χ1v) is 7.80. The first kappa shape index (κ1) is 13.9. The lowest BCUT2D eigenvalue weighted by atomic mass is 9.84. The van der Waals surface area contributed by atoms with Crippen LogP contribution in [0.5, 0.6) is 5.75 Å². The predicted molar refractivity (Wildman–Crippen MR) is 80.3 cm³/mol. The van der Waals surface area contributed by atoms with E-state index in [0.29, 0.717) is 24.0 Å². The molecule has 2 aliphatic heterocycles. The van der Waals surface area contributed by atoms with Crippen LogP contribution in [0, 0.1) is 5.92 Å². The highest BCUT2D eigenvalue weighted by molar-refractivity contribution is 5.37. The van der Waals surface area contributed by atoms with Gasteiger partial charge < -0.3 is 14.8 Å². The number of para-hydroxylation sites is 1. The summed E-state index contributed by atoms with van der Waals surface area (Å²) in [5.74, 6) is 2.30. The van der Waals surface area contributed by atoms with Crippen LogP contribution in [-0.2, 0) is 4.74 Å². The molecule has 0 aliphatic carbocycles. The van der Waals surface area contributed by atoms with Gasteiger partial charge in [-0.05, 0) is 49.8 Å². The lowest BCUT2D eigenvalue weighted by molar-refractivity contribution is 0.0567. The van der Waals surface area contributed by atoms with Crippen molar-refractivity contribution >= 4 is 0 Å². The average molecular weight is 275 g/mol. The summed E-state index contributed by atoms with van der Waals surface area (Å²) in [7, 11) is 2.06. The molecule has 0 radical (unpaired) electrons. The smallest absolute Gasteiger partial charge is 0.122 e. The molecule has 1 N–H and O–H groups in total. The number of rotatable bonds is 4. The molecule has 3 rings (SSSR count). The minimum absolute atomic E-state index is 0.356. The highest BCUT2D eigenvalue weighted by Crippen LogP contribution is 2.37. The van der Waals surface area contributed by atoms with E-state index in [1.165, 1.54) is 12.0 Å². The van der Waals surface area contributed by atoms with E-state index in [-0.39, 0.29) is 0 Å². The molecule has 4 unspecified atom stereocenters. The molecule has 3 heteroatoms. The van der Waals surface area contributed by atoms with Gasteiger partial charge in [0, 0.05) is 12.6 Å². The normalized spacial score (nSPS) is 30.6. The Balaban J connectivity index is 1.73. The number of likely N-dealkylation sites (N-methyl/N-ethyl adjacent to an activating group) is 1. The lowest BCUT2D eigenvalue weighted by Crippen LogP contribution is -2.41. The molecule has 4 atom stereocenters. The summed E-state index contributed by atoms with van der Waals surface area (Å²) in [5, 5.41) is 3.49. The van der Waals surface area contributed by atoms with Gasteiger partial charge in [0.15, 0.2) is 0 Å². The summed E-state index contributed by atoms with van der Waals surface area (Å²) < 4.78 is 11.7. The third kappa shape index (κ3) is 2.70. The molecule has 0 saturated carbocycles. The largest absolute Gasteiger partial charge is 0.493 e. The summed E-state index contributed by atoms with van der Waals surface area (Å²) in [6.07, 6.45) is 3.78. The van der Waals surface area contributed by atoms with E-state index in [0.717, 1.165) is 31.8 Å². The van der Waals surface area contributed by atoms with Crippen LogP contribution in [0.1, 0.15) is 37.7 Å². The molecule has 3 nitrogen and oxygen atoms in total. The number of hydrogen-bond donors (Lipinski definition) is 1. The molecule has 0 spiro atoms. The Labute approximate surface area is 121 Å². The Morgan fingerprint density at radius 1 is 1.25 bits per heavy atom. The van der Waals surface area contributed by atoms with Gasteiger partial charge >= 0.3 is 0 Å². The van der Waals surface area contributed by atoms with Gasteiger partial charge in [0.05, 0.1) is 12.7 Å². The lowest BCUT2D eigenvalue weighted by Gasteiger charge is -2.32. The molecule has 110 valence electrons. The van der Waals surface area contributed by atoms with Crippen molar-refractivity contribution in [2.45, 2.75) is 44.2 Å². The molecule has 0 amide bonds. The highest BCUT2D eigenvalue weighted by atomic mass is 16.5. The van der Waals surface area contributed by atoms with Gasteiger partial charge in [0.25, 0.3) is 0 Å². The van der Waals surface area contributed by atoms with E-state index >= 15 is 0 Å². The second-order valence-electron chi connectivity index (χ2n) is 6.10. The van der Waals surface area contributed by atoms with E-state index in [1.807, 2.05) is 0 Å². The monoisotopic (exact) mass is 275 g/mol. The van der Waals surface area contributed by atoms with Gasteiger partial charge in [0.1, 0.15) is 5.75 Å². The first-order chi connectivity index (χ1) is 9.79. The molecule has 1 fully saturated rings. The summed E-state index contributed by atoms with van der Waals surface area (Å²) >= 11 is 0. The standard InChI is InChI=1S/C17H25NO2/c1-12-7-9-20-17(12)15(18-2)11-13-8-10-19-16-6-4-3-5-14(13)16/h3-6,12-13,15,17-18H,7-11H2,1-2H3. The third-order valence-corrected chi connectivity index (χ3v) is 4.83. The summed E-state index contributed by atoms with van der Waals surface area (Å²) in [6.45, 7) is 4.05. The molecule has 2 aliphatic rings. The van der Waals surface area contributed by atoms with E-state index in [2.05, 4.69) is 43.6 Å². The van der Waals surface area contributed by atoms with Gasteiger partial charge in [-0.1, -0.05) is 25.1 Å². The second kappa shape index (κ2) is 6.15. The topological polar surface area (TPSA) is 30.5 Å². The van der Waals surface area contributed by atoms with Crippen molar-refractivity contribution in [1.82, 2.24) is 5.32 Å². The van der Waals surface area contributed by atoms with Crippen molar-refractivity contribution in [2.75, 3.05) is 20.3 Å². The molecular weight excluding hydrogens is 250 g/mol. The van der Waals surface area contributed by atoms with Crippen molar-refractivity contribution in [2.24, 2.45) is 5.92 Å². The Morgan fingerprint density at radius 2 is 2.10 bits per heavy atom. The van der Waals surface area contributed by atoms with Crippen LogP contribution in [0.3, 0.4) is 0 Å². The van der Waals surface area contributed by atoms with Gasteiger partial charge in [-0.15, -0.1) is 0 Å². The fourth-order valence-corrected chi connectivity index (χ4v) is 3.61. The van der Waals surface area contributed by atoms with Crippen molar-refractivity contribution in [3.8, 4) is 5.75 Å².